The van der Waals surface area contributed by atoms with Crippen LogP contribution in [0.25, 0.3) is 0 Å². The lowest BCUT2D eigenvalue weighted by atomic mass is 10.1. The van der Waals surface area contributed by atoms with E-state index in [0.29, 0.717) is 12.6 Å². The Bertz CT molecular complexity index is 469. The molecule has 0 fully saturated rings. The van der Waals surface area contributed by atoms with Gasteiger partial charge in [-0.1, -0.05) is 24.3 Å². The summed E-state index contributed by atoms with van der Waals surface area (Å²) in [6.07, 6.45) is 1.77. The highest BCUT2D eigenvalue weighted by molar-refractivity contribution is 5.67. The van der Waals surface area contributed by atoms with E-state index >= 15 is 0 Å². The molecule has 1 unspecified atom stereocenters. The van der Waals surface area contributed by atoms with Crippen LogP contribution in [0.3, 0.4) is 0 Å². The minimum Gasteiger partial charge on any atom is -0.444 e. The van der Waals surface area contributed by atoms with Crippen LogP contribution in [0.15, 0.2) is 24.3 Å². The van der Waals surface area contributed by atoms with Gasteiger partial charge in [-0.05, 0) is 51.7 Å². The van der Waals surface area contributed by atoms with Crippen molar-refractivity contribution in [1.29, 1.82) is 0 Å². The molecule has 1 amide bonds. The quantitative estimate of drug-likeness (QED) is 0.896. The summed E-state index contributed by atoms with van der Waals surface area (Å²) in [5, 5.41) is 6.38. The lowest BCUT2D eigenvalue weighted by Crippen LogP contribution is -2.45. The molecule has 4 heteroatoms. The Kier molecular flexibility index (Phi) is 4.88. The Morgan fingerprint density at radius 2 is 1.86 bits per heavy atom. The molecule has 0 spiro atoms. The van der Waals surface area contributed by atoms with Gasteiger partial charge in [-0.25, -0.2) is 4.79 Å². The van der Waals surface area contributed by atoms with Crippen LogP contribution in [-0.2, 0) is 17.6 Å². The predicted octanol–water partition coefficient (Wildman–Crippen LogP) is 2.66. The largest absolute Gasteiger partial charge is 0.444 e. The van der Waals surface area contributed by atoms with Crippen molar-refractivity contribution in [2.45, 2.75) is 58.2 Å². The number of ether oxygens (including phenoxy) is 1. The van der Waals surface area contributed by atoms with Crippen LogP contribution in [0.1, 0.15) is 38.8 Å². The van der Waals surface area contributed by atoms with Gasteiger partial charge in [0.15, 0.2) is 0 Å². The second kappa shape index (κ2) is 6.48. The number of hydrogen-bond donors (Lipinski definition) is 2. The second-order valence-corrected chi connectivity index (χ2v) is 6.82. The molecule has 1 aromatic rings. The highest BCUT2D eigenvalue weighted by atomic mass is 16.6. The normalized spacial score (nSPS) is 16.4. The van der Waals surface area contributed by atoms with Gasteiger partial charge in [0.1, 0.15) is 5.60 Å². The summed E-state index contributed by atoms with van der Waals surface area (Å²) >= 11 is 0. The van der Waals surface area contributed by atoms with E-state index in [1.165, 1.54) is 11.1 Å². The Labute approximate surface area is 127 Å². The Hall–Kier alpha value is -1.55. The monoisotopic (exact) mass is 290 g/mol. The number of carbonyl (C=O) groups excluding carboxylic acids is 1. The zero-order valence-corrected chi connectivity index (χ0v) is 13.4. The molecule has 0 bridgehead atoms. The molecule has 1 atom stereocenters. The van der Waals surface area contributed by atoms with Gasteiger partial charge >= 0.3 is 6.09 Å². The molecular formula is C17H26N2O2. The molecule has 2 rings (SSSR count). The number of hydrogen-bond acceptors (Lipinski definition) is 3. The molecule has 0 aliphatic heterocycles. The number of carbonyl (C=O) groups is 1. The van der Waals surface area contributed by atoms with Crippen LogP contribution in [0.4, 0.5) is 4.79 Å². The van der Waals surface area contributed by atoms with Gasteiger partial charge in [0, 0.05) is 18.6 Å². The van der Waals surface area contributed by atoms with E-state index in [1.807, 2.05) is 20.8 Å². The predicted molar refractivity (Wildman–Crippen MR) is 84.5 cm³/mol. The molecular weight excluding hydrogens is 264 g/mol. The fraction of sp³-hybridized carbons (Fsp3) is 0.588. The van der Waals surface area contributed by atoms with E-state index in [-0.39, 0.29) is 12.1 Å². The van der Waals surface area contributed by atoms with Crippen molar-refractivity contribution < 1.29 is 9.53 Å². The highest BCUT2D eigenvalue weighted by Crippen LogP contribution is 2.21. The molecule has 1 aromatic carbocycles. The lowest BCUT2D eigenvalue weighted by molar-refractivity contribution is 0.0522. The van der Waals surface area contributed by atoms with Crippen molar-refractivity contribution in [3.8, 4) is 0 Å². The van der Waals surface area contributed by atoms with Gasteiger partial charge < -0.3 is 15.4 Å². The van der Waals surface area contributed by atoms with Crippen LogP contribution < -0.4 is 10.6 Å². The lowest BCUT2D eigenvalue weighted by Gasteiger charge is -2.22. The molecule has 1 aliphatic carbocycles. The number of fused-ring (bicyclic) bond motifs is 1. The van der Waals surface area contributed by atoms with Gasteiger partial charge in [0.2, 0.25) is 0 Å². The van der Waals surface area contributed by atoms with E-state index in [2.05, 4.69) is 41.8 Å². The molecule has 116 valence electrons. The first-order chi connectivity index (χ1) is 9.83. The molecule has 0 saturated heterocycles. The number of rotatable bonds is 4. The van der Waals surface area contributed by atoms with Crippen LogP contribution in [0.5, 0.6) is 0 Å². The van der Waals surface area contributed by atoms with Crippen molar-refractivity contribution in [3.05, 3.63) is 35.4 Å². The SMILES string of the molecule is CC(CNC(=O)OC(C)(C)C)NC1Cc2ccccc2C1. The van der Waals surface area contributed by atoms with Crippen LogP contribution in [-0.4, -0.2) is 30.3 Å². The maximum absolute atomic E-state index is 11.6. The summed E-state index contributed by atoms with van der Waals surface area (Å²) < 4.78 is 5.23. The third-order valence-corrected chi connectivity index (χ3v) is 3.52. The minimum atomic E-state index is -0.451. The maximum atomic E-state index is 11.6. The van der Waals surface area contributed by atoms with E-state index in [4.69, 9.17) is 4.74 Å². The van der Waals surface area contributed by atoms with Crippen molar-refractivity contribution >= 4 is 6.09 Å². The van der Waals surface area contributed by atoms with Crippen molar-refractivity contribution in [1.82, 2.24) is 10.6 Å². The average molecular weight is 290 g/mol. The van der Waals surface area contributed by atoms with Gasteiger partial charge in [-0.3, -0.25) is 0 Å². The zero-order chi connectivity index (χ0) is 15.5. The molecule has 0 saturated carbocycles. The first-order valence-corrected chi connectivity index (χ1v) is 7.63. The fourth-order valence-corrected chi connectivity index (χ4v) is 2.69. The standard InChI is InChI=1S/C17H26N2O2/c1-12(11-18-16(20)21-17(2,3)4)19-15-9-13-7-5-6-8-14(13)10-15/h5-8,12,15,19H,9-11H2,1-4H3,(H,18,20). The second-order valence-electron chi connectivity index (χ2n) is 6.82. The molecule has 0 aromatic heterocycles. The summed E-state index contributed by atoms with van der Waals surface area (Å²) in [5.41, 5.74) is 2.41. The van der Waals surface area contributed by atoms with Crippen molar-refractivity contribution in [3.63, 3.8) is 0 Å². The molecule has 1 aliphatic rings. The van der Waals surface area contributed by atoms with E-state index in [1.54, 1.807) is 0 Å². The average Bonchev–Trinajstić information content (AvgIpc) is 2.76. The van der Waals surface area contributed by atoms with Gasteiger partial charge in [-0.15, -0.1) is 0 Å². The topological polar surface area (TPSA) is 50.4 Å². The molecule has 4 nitrogen and oxygen atoms in total. The van der Waals surface area contributed by atoms with Crippen molar-refractivity contribution in [2.24, 2.45) is 0 Å². The first-order valence-electron chi connectivity index (χ1n) is 7.63. The van der Waals surface area contributed by atoms with E-state index in [9.17, 15) is 4.79 Å². The molecule has 2 N–H and O–H groups in total. The highest BCUT2D eigenvalue weighted by Gasteiger charge is 2.22. The van der Waals surface area contributed by atoms with E-state index < -0.39 is 5.60 Å². The Balaban J connectivity index is 1.72. The zero-order valence-electron chi connectivity index (χ0n) is 13.4. The maximum Gasteiger partial charge on any atom is 0.407 e. The Morgan fingerprint density at radius 1 is 1.29 bits per heavy atom. The summed E-state index contributed by atoms with van der Waals surface area (Å²) in [4.78, 5) is 11.6. The van der Waals surface area contributed by atoms with Crippen LogP contribution in [0.2, 0.25) is 0 Å². The van der Waals surface area contributed by atoms with Gasteiger partial charge in [0.05, 0.1) is 0 Å². The van der Waals surface area contributed by atoms with Crippen LogP contribution in [0, 0.1) is 0 Å². The number of alkyl carbamates (subject to hydrolysis) is 1. The molecule has 21 heavy (non-hydrogen) atoms. The summed E-state index contributed by atoms with van der Waals surface area (Å²) in [5.74, 6) is 0. The fourth-order valence-electron chi connectivity index (χ4n) is 2.69. The van der Waals surface area contributed by atoms with Gasteiger partial charge in [-0.2, -0.15) is 0 Å². The molecule has 0 heterocycles. The van der Waals surface area contributed by atoms with Gasteiger partial charge in [0.25, 0.3) is 0 Å². The minimum absolute atomic E-state index is 0.219. The number of amides is 1. The number of benzene rings is 1. The first kappa shape index (κ1) is 15.8. The Morgan fingerprint density at radius 3 is 2.38 bits per heavy atom. The third-order valence-electron chi connectivity index (χ3n) is 3.52. The molecule has 0 radical (unpaired) electrons. The van der Waals surface area contributed by atoms with E-state index in [0.717, 1.165) is 12.8 Å². The summed E-state index contributed by atoms with van der Waals surface area (Å²) in [6.45, 7) is 8.25. The van der Waals surface area contributed by atoms with Crippen molar-refractivity contribution in [2.75, 3.05) is 6.54 Å². The third kappa shape index (κ3) is 5.05. The smallest absolute Gasteiger partial charge is 0.407 e. The summed E-state index contributed by atoms with van der Waals surface area (Å²) in [7, 11) is 0. The summed E-state index contributed by atoms with van der Waals surface area (Å²) in [6, 6.07) is 9.25. The van der Waals surface area contributed by atoms with Crippen LogP contribution >= 0.6 is 0 Å². The number of nitrogens with one attached hydrogen (secondary N) is 2.